The zero-order chi connectivity index (χ0) is 58.9. The number of hydrogen-bond acceptors (Lipinski definition) is 17. The molecule has 0 aliphatic carbocycles. The van der Waals surface area contributed by atoms with Gasteiger partial charge in [-0.1, -0.05) is 13.3 Å². The monoisotopic (exact) mass is 1210 g/mol. The van der Waals surface area contributed by atoms with E-state index in [9.17, 15) is 31.0 Å². The summed E-state index contributed by atoms with van der Waals surface area (Å²) in [5.41, 5.74) is 4.70. The molecule has 6 N–H and O–H groups in total. The van der Waals surface area contributed by atoms with E-state index < -0.39 is 53.0 Å². The average molecular weight is 1210 g/mol. The van der Waals surface area contributed by atoms with Gasteiger partial charge in [-0.2, -0.15) is 24.5 Å². The predicted octanol–water partition coefficient (Wildman–Crippen LogP) is 4.71. The molecule has 12 rings (SSSR count). The van der Waals surface area contributed by atoms with E-state index in [1.807, 2.05) is 48.5 Å². The van der Waals surface area contributed by atoms with E-state index in [0.717, 1.165) is 63.2 Å². The summed E-state index contributed by atoms with van der Waals surface area (Å²) in [6.07, 6.45) is 4.29. The fourth-order valence-corrected chi connectivity index (χ4v) is 36.7. The molecule has 0 radical (unpaired) electrons. The van der Waals surface area contributed by atoms with Crippen LogP contribution >= 0.6 is 0 Å². The second kappa shape index (κ2) is 21.2. The van der Waals surface area contributed by atoms with Gasteiger partial charge in [0.15, 0.2) is 0 Å². The molecular formula is C57H71N13O10SSi3. The minimum absolute atomic E-state index is 0.0684. The zero-order valence-corrected chi connectivity index (χ0v) is 51.7. The van der Waals surface area contributed by atoms with Crippen LogP contribution in [-0.4, -0.2) is 147 Å². The Hall–Kier alpha value is -7.03. The summed E-state index contributed by atoms with van der Waals surface area (Å²) in [6, 6.07) is 34.1. The molecule has 0 saturated heterocycles. The minimum Gasteiger partial charge on any atom is -0.198 e. The third kappa shape index (κ3) is 8.71. The number of fused-ring (bicyclic) bond motifs is 12. The Balaban J connectivity index is 1.01. The van der Waals surface area contributed by atoms with Gasteiger partial charge in [-0.3, -0.25) is 0 Å². The fraction of sp³-hybridized carbons (Fsp3) is 0.386. The van der Waals surface area contributed by atoms with Crippen molar-refractivity contribution in [1.82, 2.24) is 24.0 Å². The first-order valence-electron chi connectivity index (χ1n) is 28.9. The number of aromatic nitrogens is 2. The van der Waals surface area contributed by atoms with Crippen LogP contribution in [0.25, 0.3) is 21.5 Å². The number of benzene rings is 4. The molecule has 23 nitrogen and oxygen atoms in total. The summed E-state index contributed by atoms with van der Waals surface area (Å²) in [5.74, 6) is 12.3. The molecule has 0 fully saturated rings. The number of aliphatic imine (C=N–C) groups is 2. The molecule has 442 valence electrons. The van der Waals surface area contributed by atoms with Gasteiger partial charge in [0.25, 0.3) is 10.1 Å². The number of ether oxygens (including phenoxy) is 1. The summed E-state index contributed by atoms with van der Waals surface area (Å²) in [4.78, 5) is 68.2. The number of carbonyl (C=O) groups excluding carboxylic acids is 3. The SMILES string of the molecule is CCCCN(CCCC(=O)NCCC[Si](C)(C)O[Si-2]123(O[Si](C)(C)CCCNC(=O)COCC(=O)ON)n4c5c6ccccc6c4N=C4c6ccccc6C(=[N+]41)N=c1c4ccccc4c(n12)=NC1=[N+]3C(=N5)c2ccccc21)CCCS(=O)(=O)ON. The predicted molar refractivity (Wildman–Crippen MR) is 324 cm³/mol. The molecule has 84 heavy (non-hydrogen) atoms. The first-order chi connectivity index (χ1) is 40.4. The normalized spacial score (nSPS) is 17.6. The molecule has 27 heteroatoms. The summed E-state index contributed by atoms with van der Waals surface area (Å²) in [7, 11) is -17.5. The summed E-state index contributed by atoms with van der Waals surface area (Å²) >= 11 is 0. The van der Waals surface area contributed by atoms with Crippen molar-refractivity contribution in [3.05, 3.63) is 130 Å². The molecule has 6 aliphatic heterocycles. The topological polar surface area (TPSA) is 276 Å². The molecular weight excluding hydrogens is 1140 g/mol. The minimum atomic E-state index is -7.00. The molecule has 6 aliphatic rings. The van der Waals surface area contributed by atoms with E-state index in [1.165, 1.54) is 0 Å². The van der Waals surface area contributed by atoms with Crippen LogP contribution in [0.2, 0.25) is 38.3 Å². The standard InChI is InChI=1S/C57H71N13O10SSi3/c1-6-7-31-66(33-19-34-81(74,75)78-59)32-16-28-47(71)60-29-17-35-82(2,3)79-84(80-83(4,5)36-18-30-61-48(72)37-76-38-49(73)77-58)67-50-39-20-8-9-21-40(39)51(67)63-53-43-24-12-13-25-44(43)55(69(53)84)65-57-46-27-15-14-26-45(46)56(70(57)84)64-54-42-23-11-10-22-41(42)52(62-50)68(54)84/h8-15,20-27H,6-7,16-19,28-38,58-59H2,1-5H3,(H,60,71)(H,61,72). The van der Waals surface area contributed by atoms with Gasteiger partial charge in [-0.15, -0.1) is 0 Å². The van der Waals surface area contributed by atoms with Crippen LogP contribution in [0.5, 0.6) is 0 Å². The maximum atomic E-state index is 13.7. The van der Waals surface area contributed by atoms with Gasteiger partial charge in [-0.25, -0.2) is 0 Å². The number of amides is 2. The van der Waals surface area contributed by atoms with E-state index in [0.29, 0.717) is 110 Å². The second-order valence-corrected chi connectivity index (χ2v) is 39.6. The molecule has 0 bridgehead atoms. The van der Waals surface area contributed by atoms with Gasteiger partial charge in [0.05, 0.1) is 5.75 Å². The molecule has 0 saturated carbocycles. The van der Waals surface area contributed by atoms with E-state index in [1.54, 1.807) is 0 Å². The molecule has 6 aromatic rings. The van der Waals surface area contributed by atoms with Crippen LogP contribution in [0.3, 0.4) is 0 Å². The van der Waals surface area contributed by atoms with Crippen LogP contribution in [0.1, 0.15) is 74.1 Å². The fourth-order valence-electron chi connectivity index (χ4n) is 13.8. The Morgan fingerprint density at radius 3 is 1.60 bits per heavy atom. The van der Waals surface area contributed by atoms with Crippen molar-refractivity contribution in [3.63, 3.8) is 0 Å². The van der Waals surface area contributed by atoms with Crippen molar-refractivity contribution < 1.29 is 53.4 Å². The smallest absolute Gasteiger partial charge is 0.198 e. The zero-order valence-electron chi connectivity index (χ0n) is 47.9. The number of nitrogens with one attached hydrogen (secondary N) is 2. The third-order valence-electron chi connectivity index (χ3n) is 17.0. The summed E-state index contributed by atoms with van der Waals surface area (Å²) in [5, 5.41) is 9.66. The summed E-state index contributed by atoms with van der Waals surface area (Å²) in [6.45, 7) is 12.9. The Morgan fingerprint density at radius 1 is 0.607 bits per heavy atom. The number of unbranched alkanes of at least 4 members (excludes halogenated alkanes) is 1. The number of nitrogens with zero attached hydrogens (tertiary/aromatic N) is 9. The third-order valence-corrected chi connectivity index (χ3v) is 34.7. The number of nitrogens with two attached hydrogens (primary N) is 2. The van der Waals surface area contributed by atoms with Crippen molar-refractivity contribution in [2.24, 2.45) is 31.8 Å². The van der Waals surface area contributed by atoms with Crippen molar-refractivity contribution in [2.75, 3.05) is 51.7 Å². The molecule has 4 aromatic carbocycles. The molecule has 1 spiro atoms. The quantitative estimate of drug-likeness (QED) is 0.0295. The molecule has 0 atom stereocenters. The summed E-state index contributed by atoms with van der Waals surface area (Å²) < 4.78 is 60.8. The van der Waals surface area contributed by atoms with Crippen molar-refractivity contribution >= 4 is 109 Å². The number of amidine groups is 4. The van der Waals surface area contributed by atoms with Gasteiger partial charge in [0.2, 0.25) is 0 Å². The van der Waals surface area contributed by atoms with Crippen molar-refractivity contribution in [3.8, 4) is 0 Å². The van der Waals surface area contributed by atoms with Crippen LogP contribution in [-0.2, 0) is 46.6 Å². The van der Waals surface area contributed by atoms with Crippen LogP contribution in [0.4, 0.5) is 11.6 Å². The van der Waals surface area contributed by atoms with Crippen molar-refractivity contribution in [1.29, 1.82) is 0 Å². The Bertz CT molecular complexity index is 4000. The van der Waals surface area contributed by atoms with E-state index in [2.05, 4.69) is 123 Å². The Kier molecular flexibility index (Phi) is 14.5. The first kappa shape index (κ1) is 57.4. The molecule has 2 amide bonds. The van der Waals surface area contributed by atoms with E-state index >= 15 is 0 Å². The van der Waals surface area contributed by atoms with Crippen LogP contribution in [0, 0.1) is 0 Å². The second-order valence-electron chi connectivity index (χ2n) is 23.6. The van der Waals surface area contributed by atoms with Gasteiger partial charge in [-0.05, 0) is 12.8 Å². The van der Waals surface area contributed by atoms with Gasteiger partial charge < -0.3 is 0 Å². The van der Waals surface area contributed by atoms with Crippen molar-refractivity contribution in [2.45, 2.75) is 90.1 Å². The average Bonchev–Trinajstić information content (AvgIpc) is 1.24. The van der Waals surface area contributed by atoms with E-state index in [4.69, 9.17) is 36.5 Å². The van der Waals surface area contributed by atoms with Crippen LogP contribution in [0.15, 0.2) is 117 Å². The molecule has 0 unspecified atom stereocenters. The molecule has 2 aromatic heterocycles. The Labute approximate surface area is 487 Å². The number of hydrogen-bond donors (Lipinski definition) is 4. The Morgan fingerprint density at radius 2 is 1.08 bits per heavy atom. The van der Waals surface area contributed by atoms with Gasteiger partial charge in [0, 0.05) is 0 Å². The van der Waals surface area contributed by atoms with Crippen LogP contribution < -0.4 is 33.4 Å². The van der Waals surface area contributed by atoms with E-state index in [-0.39, 0.29) is 24.8 Å². The van der Waals surface area contributed by atoms with Gasteiger partial charge in [0.1, 0.15) is 0 Å². The number of rotatable bonds is 28. The van der Waals surface area contributed by atoms with Gasteiger partial charge >= 0.3 is 424 Å². The maximum absolute atomic E-state index is 13.7. The first-order valence-corrected chi connectivity index (χ1v) is 39.3. The number of carbonyl (C=O) groups is 3. The molecule has 8 heterocycles.